The van der Waals surface area contributed by atoms with Crippen molar-refractivity contribution in [3.8, 4) is 0 Å². The summed E-state index contributed by atoms with van der Waals surface area (Å²) in [6, 6.07) is 0.105. The molecule has 1 aromatic heterocycles. The van der Waals surface area contributed by atoms with Gasteiger partial charge in [0.1, 0.15) is 0 Å². The summed E-state index contributed by atoms with van der Waals surface area (Å²) in [6.45, 7) is 5.87. The summed E-state index contributed by atoms with van der Waals surface area (Å²) in [4.78, 5) is 16.1. The number of nitrogens with one attached hydrogen (secondary N) is 2. The minimum Gasteiger partial charge on any atom is -0.349 e. The fraction of sp³-hybridized carbons (Fsp3) is 0.769. The summed E-state index contributed by atoms with van der Waals surface area (Å²) in [5.41, 5.74) is 0. The van der Waals surface area contributed by atoms with Gasteiger partial charge in [0.25, 0.3) is 11.7 Å². The van der Waals surface area contributed by atoms with Gasteiger partial charge in [-0.25, -0.2) is 0 Å². The maximum Gasteiger partial charge on any atom is 0.292 e. The predicted octanol–water partition coefficient (Wildman–Crippen LogP) is 1.66. The van der Waals surface area contributed by atoms with Gasteiger partial charge in [0, 0.05) is 6.54 Å². The zero-order valence-corrected chi connectivity index (χ0v) is 11.6. The van der Waals surface area contributed by atoms with Crippen molar-refractivity contribution in [2.24, 2.45) is 5.92 Å². The van der Waals surface area contributed by atoms with Gasteiger partial charge >= 0.3 is 0 Å². The summed E-state index contributed by atoms with van der Waals surface area (Å²) in [5, 5.41) is 9.88. The topological polar surface area (TPSA) is 80.0 Å². The van der Waals surface area contributed by atoms with Crippen LogP contribution in [0.3, 0.4) is 0 Å². The number of aromatic nitrogens is 2. The molecule has 1 aromatic rings. The maximum atomic E-state index is 11.9. The Balaban J connectivity index is 1.88. The summed E-state index contributed by atoms with van der Waals surface area (Å²) in [6.07, 6.45) is 4.20. The fourth-order valence-corrected chi connectivity index (χ4v) is 2.26. The number of amides is 1. The lowest BCUT2D eigenvalue weighted by atomic mass is 10.0. The second-order valence-electron chi connectivity index (χ2n) is 5.00. The van der Waals surface area contributed by atoms with E-state index in [2.05, 4.69) is 34.6 Å². The standard InChI is InChI=1S/C13H22N4O2/c1-3-9(4-2)8-15-12(18)11-16-13(19-17-11)10-6-5-7-14-10/h9-10,14H,3-8H2,1-2H3,(H,15,18). The molecule has 2 N–H and O–H groups in total. The SMILES string of the molecule is CCC(CC)CNC(=O)c1noc(C2CCCN2)n1. The lowest BCUT2D eigenvalue weighted by Crippen LogP contribution is -2.29. The van der Waals surface area contributed by atoms with Gasteiger partial charge in [0.15, 0.2) is 0 Å². The molecular formula is C13H22N4O2. The Hall–Kier alpha value is -1.43. The second kappa shape index (κ2) is 6.65. The van der Waals surface area contributed by atoms with Crippen LogP contribution in [0.2, 0.25) is 0 Å². The number of hydrogen-bond acceptors (Lipinski definition) is 5. The first-order chi connectivity index (χ1) is 9.24. The van der Waals surface area contributed by atoms with Crippen LogP contribution >= 0.6 is 0 Å². The number of hydrogen-bond donors (Lipinski definition) is 2. The number of rotatable bonds is 6. The highest BCUT2D eigenvalue weighted by Crippen LogP contribution is 2.20. The molecule has 1 amide bonds. The zero-order chi connectivity index (χ0) is 13.7. The van der Waals surface area contributed by atoms with E-state index in [9.17, 15) is 4.79 Å². The van der Waals surface area contributed by atoms with Crippen LogP contribution in [0.5, 0.6) is 0 Å². The molecule has 1 aliphatic heterocycles. The van der Waals surface area contributed by atoms with Crippen molar-refractivity contribution in [1.82, 2.24) is 20.8 Å². The molecule has 19 heavy (non-hydrogen) atoms. The lowest BCUT2D eigenvalue weighted by Gasteiger charge is -2.11. The molecule has 1 saturated heterocycles. The molecule has 2 rings (SSSR count). The highest BCUT2D eigenvalue weighted by atomic mass is 16.5. The van der Waals surface area contributed by atoms with Gasteiger partial charge in [0.05, 0.1) is 6.04 Å². The third-order valence-electron chi connectivity index (χ3n) is 3.71. The summed E-state index contributed by atoms with van der Waals surface area (Å²) < 4.78 is 5.14. The molecule has 6 heteroatoms. The summed E-state index contributed by atoms with van der Waals surface area (Å²) in [7, 11) is 0. The Morgan fingerprint density at radius 2 is 2.32 bits per heavy atom. The Morgan fingerprint density at radius 3 is 2.95 bits per heavy atom. The third kappa shape index (κ3) is 3.53. The molecule has 0 saturated carbocycles. The van der Waals surface area contributed by atoms with E-state index in [-0.39, 0.29) is 17.8 Å². The Bertz CT molecular complexity index is 409. The van der Waals surface area contributed by atoms with E-state index in [0.29, 0.717) is 18.4 Å². The van der Waals surface area contributed by atoms with E-state index in [1.807, 2.05) is 0 Å². The van der Waals surface area contributed by atoms with Gasteiger partial charge in [-0.2, -0.15) is 4.98 Å². The molecule has 6 nitrogen and oxygen atoms in total. The van der Waals surface area contributed by atoms with Crippen molar-refractivity contribution in [3.05, 3.63) is 11.7 Å². The number of carbonyl (C=O) groups excluding carboxylic acids is 1. The Morgan fingerprint density at radius 1 is 1.53 bits per heavy atom. The van der Waals surface area contributed by atoms with Crippen LogP contribution < -0.4 is 10.6 Å². The molecule has 1 unspecified atom stereocenters. The molecule has 1 aliphatic rings. The molecule has 0 aromatic carbocycles. The normalized spacial score (nSPS) is 19.0. The molecule has 2 heterocycles. The van der Waals surface area contributed by atoms with Crippen molar-refractivity contribution < 1.29 is 9.32 Å². The molecule has 0 aliphatic carbocycles. The van der Waals surface area contributed by atoms with Gasteiger partial charge in [-0.15, -0.1) is 0 Å². The van der Waals surface area contributed by atoms with Gasteiger partial charge in [-0.3, -0.25) is 4.79 Å². The van der Waals surface area contributed by atoms with E-state index in [0.717, 1.165) is 32.2 Å². The van der Waals surface area contributed by atoms with Crippen LogP contribution in [0.15, 0.2) is 4.52 Å². The van der Waals surface area contributed by atoms with Crippen molar-refractivity contribution in [1.29, 1.82) is 0 Å². The van der Waals surface area contributed by atoms with Crippen LogP contribution in [-0.4, -0.2) is 29.1 Å². The number of carbonyl (C=O) groups is 1. The highest BCUT2D eigenvalue weighted by Gasteiger charge is 2.24. The first-order valence-electron chi connectivity index (χ1n) is 7.09. The average molecular weight is 266 g/mol. The minimum absolute atomic E-state index is 0.105. The van der Waals surface area contributed by atoms with Crippen LogP contribution in [-0.2, 0) is 0 Å². The van der Waals surface area contributed by atoms with Crippen molar-refractivity contribution >= 4 is 5.91 Å². The van der Waals surface area contributed by atoms with E-state index < -0.39 is 0 Å². The molecule has 1 fully saturated rings. The largest absolute Gasteiger partial charge is 0.349 e. The zero-order valence-electron chi connectivity index (χ0n) is 11.6. The minimum atomic E-state index is -0.250. The molecular weight excluding hydrogens is 244 g/mol. The van der Waals surface area contributed by atoms with E-state index in [4.69, 9.17) is 4.52 Å². The molecule has 0 radical (unpaired) electrons. The third-order valence-corrected chi connectivity index (χ3v) is 3.71. The van der Waals surface area contributed by atoms with Crippen LogP contribution in [0.4, 0.5) is 0 Å². The average Bonchev–Trinajstić information content (AvgIpc) is 3.10. The number of nitrogens with zero attached hydrogens (tertiary/aromatic N) is 2. The van der Waals surface area contributed by atoms with Crippen LogP contribution in [0.1, 0.15) is 62.1 Å². The molecule has 1 atom stereocenters. The van der Waals surface area contributed by atoms with Gasteiger partial charge in [-0.1, -0.05) is 31.8 Å². The van der Waals surface area contributed by atoms with E-state index >= 15 is 0 Å². The maximum absolute atomic E-state index is 11.9. The first kappa shape index (κ1) is 14.0. The summed E-state index contributed by atoms with van der Waals surface area (Å²) >= 11 is 0. The van der Waals surface area contributed by atoms with E-state index in [1.54, 1.807) is 0 Å². The monoisotopic (exact) mass is 266 g/mol. The summed E-state index contributed by atoms with van der Waals surface area (Å²) in [5.74, 6) is 0.909. The van der Waals surface area contributed by atoms with Gasteiger partial charge < -0.3 is 15.2 Å². The van der Waals surface area contributed by atoms with Gasteiger partial charge in [-0.05, 0) is 25.3 Å². The smallest absolute Gasteiger partial charge is 0.292 e. The Kier molecular flexibility index (Phi) is 4.90. The van der Waals surface area contributed by atoms with Crippen LogP contribution in [0, 0.1) is 5.92 Å². The first-order valence-corrected chi connectivity index (χ1v) is 7.09. The lowest BCUT2D eigenvalue weighted by molar-refractivity contribution is 0.0933. The molecule has 106 valence electrons. The Labute approximate surface area is 113 Å². The van der Waals surface area contributed by atoms with Crippen molar-refractivity contribution in [2.75, 3.05) is 13.1 Å². The second-order valence-corrected chi connectivity index (χ2v) is 5.00. The quantitative estimate of drug-likeness (QED) is 0.818. The predicted molar refractivity (Wildman–Crippen MR) is 70.7 cm³/mol. The van der Waals surface area contributed by atoms with Crippen LogP contribution in [0.25, 0.3) is 0 Å². The molecule has 0 bridgehead atoms. The van der Waals surface area contributed by atoms with E-state index in [1.165, 1.54) is 0 Å². The van der Waals surface area contributed by atoms with Gasteiger partial charge in [0.2, 0.25) is 5.89 Å². The van der Waals surface area contributed by atoms with Crippen molar-refractivity contribution in [2.45, 2.75) is 45.6 Å². The van der Waals surface area contributed by atoms with Crippen molar-refractivity contribution in [3.63, 3.8) is 0 Å². The molecule has 0 spiro atoms. The fourth-order valence-electron chi connectivity index (χ4n) is 2.26. The highest BCUT2D eigenvalue weighted by molar-refractivity contribution is 5.90.